The zero-order valence-electron chi connectivity index (χ0n) is 13.0. The van der Waals surface area contributed by atoms with Gasteiger partial charge in [-0.1, -0.05) is 0 Å². The van der Waals surface area contributed by atoms with Crippen molar-refractivity contribution >= 4 is 44.5 Å². The third-order valence-electron chi connectivity index (χ3n) is 3.43. The van der Waals surface area contributed by atoms with Gasteiger partial charge in [0.05, 0.1) is 23.5 Å². The Balaban J connectivity index is 1.64. The highest BCUT2D eigenvalue weighted by Crippen LogP contribution is 2.32. The summed E-state index contributed by atoms with van der Waals surface area (Å²) in [5, 5.41) is 4.67. The summed E-state index contributed by atoms with van der Waals surface area (Å²) in [5.74, 6) is -0.0544. The molecule has 0 aromatic carbocycles. The van der Waals surface area contributed by atoms with Crippen molar-refractivity contribution in [1.29, 1.82) is 0 Å². The molecule has 0 bridgehead atoms. The Morgan fingerprint density at radius 3 is 2.88 bits per heavy atom. The number of halogens is 3. The van der Waals surface area contributed by atoms with Crippen molar-refractivity contribution in [2.45, 2.75) is 19.5 Å². The minimum absolute atomic E-state index is 0.0189. The Labute approximate surface area is 159 Å². The monoisotopic (exact) mass is 446 g/mol. The number of aromatic nitrogens is 3. The van der Waals surface area contributed by atoms with Crippen molar-refractivity contribution in [3.63, 3.8) is 0 Å². The van der Waals surface area contributed by atoms with Crippen molar-refractivity contribution in [1.82, 2.24) is 19.4 Å². The molecule has 0 spiro atoms. The number of imidazole rings is 1. The van der Waals surface area contributed by atoms with E-state index in [1.807, 2.05) is 16.8 Å². The average Bonchev–Trinajstić information content (AvgIpc) is 3.27. The van der Waals surface area contributed by atoms with Crippen molar-refractivity contribution in [3.8, 4) is 9.88 Å². The highest BCUT2D eigenvalue weighted by Gasteiger charge is 2.18. The van der Waals surface area contributed by atoms with Crippen LogP contribution in [0.2, 0.25) is 0 Å². The second kappa shape index (κ2) is 7.71. The molecule has 25 heavy (non-hydrogen) atoms. The first-order valence-corrected chi connectivity index (χ1v) is 9.72. The molecule has 0 unspecified atom stereocenters. The van der Waals surface area contributed by atoms with Crippen molar-refractivity contribution in [2.24, 2.45) is 0 Å². The van der Waals surface area contributed by atoms with Gasteiger partial charge in [0, 0.05) is 34.7 Å². The number of carbonyl (C=O) groups excluding carboxylic acids is 1. The molecule has 1 amide bonds. The standard InChI is InChI=1S/C15H13BrF2N4OS2/c1-21(6-12-19-2-3-22(12)15(17)18)13(23)5-10-8-25-14(20-10)11-4-9(16)7-24-11/h2-4,7-8,15H,5-6H2,1H3. The van der Waals surface area contributed by atoms with Crippen LogP contribution < -0.4 is 0 Å². The highest BCUT2D eigenvalue weighted by atomic mass is 79.9. The van der Waals surface area contributed by atoms with Crippen LogP contribution in [0.1, 0.15) is 18.1 Å². The van der Waals surface area contributed by atoms with Gasteiger partial charge in [0.25, 0.3) is 0 Å². The van der Waals surface area contributed by atoms with Gasteiger partial charge in [0.1, 0.15) is 10.8 Å². The summed E-state index contributed by atoms with van der Waals surface area (Å²) in [4.78, 5) is 23.1. The van der Waals surface area contributed by atoms with Crippen molar-refractivity contribution in [3.05, 3.63) is 45.2 Å². The Morgan fingerprint density at radius 1 is 1.40 bits per heavy atom. The number of hydrogen-bond donors (Lipinski definition) is 0. The van der Waals surface area contributed by atoms with Crippen LogP contribution in [0.4, 0.5) is 8.78 Å². The Hall–Kier alpha value is -1.65. The summed E-state index contributed by atoms with van der Waals surface area (Å²) in [6.45, 7) is -2.65. The number of hydrogen-bond acceptors (Lipinski definition) is 5. The summed E-state index contributed by atoms with van der Waals surface area (Å²) >= 11 is 6.45. The van der Waals surface area contributed by atoms with Crippen molar-refractivity contribution < 1.29 is 13.6 Å². The minimum Gasteiger partial charge on any atom is -0.338 e. The van der Waals surface area contributed by atoms with Gasteiger partial charge in [-0.25, -0.2) is 9.97 Å². The van der Waals surface area contributed by atoms with E-state index in [1.54, 1.807) is 18.4 Å². The molecule has 0 aliphatic heterocycles. The summed E-state index contributed by atoms with van der Waals surface area (Å²) in [7, 11) is 1.57. The number of thiazole rings is 1. The first kappa shape index (κ1) is 18.2. The summed E-state index contributed by atoms with van der Waals surface area (Å²) in [6.07, 6.45) is 2.62. The van der Waals surface area contributed by atoms with Crippen LogP contribution >= 0.6 is 38.6 Å². The van der Waals surface area contributed by atoms with Gasteiger partial charge in [-0.15, -0.1) is 22.7 Å². The quantitative estimate of drug-likeness (QED) is 0.562. The maximum atomic E-state index is 12.8. The number of likely N-dealkylation sites (N-methyl/N-ethyl adjacent to an activating group) is 1. The molecule has 0 atom stereocenters. The molecule has 0 N–H and O–H groups in total. The molecule has 3 aromatic rings. The van der Waals surface area contributed by atoms with E-state index in [4.69, 9.17) is 0 Å². The van der Waals surface area contributed by atoms with Gasteiger partial charge < -0.3 is 4.90 Å². The van der Waals surface area contributed by atoms with E-state index >= 15 is 0 Å². The Morgan fingerprint density at radius 2 is 2.20 bits per heavy atom. The predicted octanol–water partition coefficient (Wildman–Crippen LogP) is 4.43. The molecule has 5 nitrogen and oxygen atoms in total. The fraction of sp³-hybridized carbons (Fsp3) is 0.267. The molecule has 0 aliphatic rings. The lowest BCUT2D eigenvalue weighted by atomic mass is 10.3. The number of rotatable bonds is 6. The highest BCUT2D eigenvalue weighted by molar-refractivity contribution is 9.10. The smallest absolute Gasteiger partial charge is 0.319 e. The normalized spacial score (nSPS) is 11.2. The topological polar surface area (TPSA) is 51.0 Å². The van der Waals surface area contributed by atoms with Gasteiger partial charge in [-0.05, 0) is 22.0 Å². The number of nitrogens with zero attached hydrogens (tertiary/aromatic N) is 4. The average molecular weight is 447 g/mol. The molecule has 132 valence electrons. The zero-order valence-corrected chi connectivity index (χ0v) is 16.2. The zero-order chi connectivity index (χ0) is 18.0. The minimum atomic E-state index is -2.67. The van der Waals surface area contributed by atoms with Gasteiger partial charge in [-0.3, -0.25) is 9.36 Å². The summed E-state index contributed by atoms with van der Waals surface area (Å²) < 4.78 is 27.4. The number of carbonyl (C=O) groups is 1. The fourth-order valence-electron chi connectivity index (χ4n) is 2.16. The van der Waals surface area contributed by atoms with E-state index in [2.05, 4.69) is 25.9 Å². The lowest BCUT2D eigenvalue weighted by Gasteiger charge is -2.17. The van der Waals surface area contributed by atoms with E-state index < -0.39 is 6.55 Å². The molecule has 3 aromatic heterocycles. The van der Waals surface area contributed by atoms with E-state index in [-0.39, 0.29) is 24.7 Å². The third-order valence-corrected chi connectivity index (χ3v) is 6.18. The Kier molecular flexibility index (Phi) is 5.60. The van der Waals surface area contributed by atoms with E-state index in [0.717, 1.165) is 18.9 Å². The number of alkyl halides is 2. The van der Waals surface area contributed by atoms with Gasteiger partial charge >= 0.3 is 6.55 Å². The molecule has 10 heteroatoms. The summed E-state index contributed by atoms with van der Waals surface area (Å²) in [5.41, 5.74) is 0.665. The van der Waals surface area contributed by atoms with Crippen LogP contribution in [0.25, 0.3) is 9.88 Å². The van der Waals surface area contributed by atoms with Gasteiger partial charge in [0.15, 0.2) is 0 Å². The van der Waals surface area contributed by atoms with Crippen LogP contribution in [0, 0.1) is 0 Å². The van der Waals surface area contributed by atoms with Gasteiger partial charge in [0.2, 0.25) is 5.91 Å². The number of thiophene rings is 1. The lowest BCUT2D eigenvalue weighted by Crippen LogP contribution is -2.29. The lowest BCUT2D eigenvalue weighted by molar-refractivity contribution is -0.130. The van der Waals surface area contributed by atoms with Crippen LogP contribution in [0.5, 0.6) is 0 Å². The molecule has 0 aliphatic carbocycles. The second-order valence-corrected chi connectivity index (χ2v) is 7.91. The maximum absolute atomic E-state index is 12.8. The van der Waals surface area contributed by atoms with E-state index in [1.165, 1.54) is 28.6 Å². The van der Waals surface area contributed by atoms with E-state index in [9.17, 15) is 13.6 Å². The number of amides is 1. The SMILES string of the molecule is CN(Cc1nccn1C(F)F)C(=O)Cc1csc(-c2cc(Br)cs2)n1. The Bertz CT molecular complexity index is 876. The molecule has 0 fully saturated rings. The van der Waals surface area contributed by atoms with Crippen LogP contribution in [-0.4, -0.2) is 32.4 Å². The van der Waals surface area contributed by atoms with E-state index in [0.29, 0.717) is 5.69 Å². The molecular weight excluding hydrogens is 434 g/mol. The predicted molar refractivity (Wildman–Crippen MR) is 96.8 cm³/mol. The molecule has 3 rings (SSSR count). The maximum Gasteiger partial charge on any atom is 0.319 e. The second-order valence-electron chi connectivity index (χ2n) is 5.23. The molecule has 0 saturated carbocycles. The molecule has 0 saturated heterocycles. The molecule has 3 heterocycles. The molecule has 0 radical (unpaired) electrons. The molecular formula is C15H13BrF2N4OS2. The first-order chi connectivity index (χ1) is 11.9. The first-order valence-electron chi connectivity index (χ1n) is 7.16. The van der Waals surface area contributed by atoms with Crippen LogP contribution in [0.3, 0.4) is 0 Å². The fourth-order valence-corrected chi connectivity index (χ4v) is 4.49. The van der Waals surface area contributed by atoms with Crippen LogP contribution in [-0.2, 0) is 17.8 Å². The third kappa shape index (κ3) is 4.31. The van der Waals surface area contributed by atoms with Gasteiger partial charge in [-0.2, -0.15) is 8.78 Å². The van der Waals surface area contributed by atoms with Crippen LogP contribution in [0.15, 0.2) is 33.7 Å². The van der Waals surface area contributed by atoms with Crippen molar-refractivity contribution in [2.75, 3.05) is 7.05 Å². The largest absolute Gasteiger partial charge is 0.338 e. The summed E-state index contributed by atoms with van der Waals surface area (Å²) in [6, 6.07) is 1.98.